The third-order valence-corrected chi connectivity index (χ3v) is 3.71. The van der Waals surface area contributed by atoms with E-state index in [2.05, 4.69) is 24.5 Å². The zero-order chi connectivity index (χ0) is 13.0. The summed E-state index contributed by atoms with van der Waals surface area (Å²) in [4.78, 5) is 13.4. The van der Waals surface area contributed by atoms with Crippen LogP contribution >= 0.6 is 0 Å². The van der Waals surface area contributed by atoms with Crippen LogP contribution in [-0.4, -0.2) is 19.4 Å². The van der Waals surface area contributed by atoms with E-state index in [1.807, 2.05) is 18.2 Å². The molecular weight excluding hydrogens is 222 g/mol. The Morgan fingerprint density at radius 2 is 2.22 bits per heavy atom. The van der Waals surface area contributed by atoms with Crippen molar-refractivity contribution in [1.29, 1.82) is 0 Å². The fraction of sp³-hybridized carbons (Fsp3) is 0.438. The molecule has 0 N–H and O–H groups in total. The fourth-order valence-electron chi connectivity index (χ4n) is 2.49. The molecule has 96 valence electrons. The third-order valence-electron chi connectivity index (χ3n) is 3.71. The van der Waals surface area contributed by atoms with Gasteiger partial charge in [0.15, 0.2) is 6.29 Å². The highest BCUT2D eigenvalue weighted by atomic mass is 16.1. The molecule has 0 atom stereocenters. The molecule has 0 radical (unpaired) electrons. The first-order chi connectivity index (χ1) is 8.78. The maximum atomic E-state index is 11.1. The summed E-state index contributed by atoms with van der Waals surface area (Å²) >= 11 is 0. The monoisotopic (exact) mass is 243 g/mol. The Morgan fingerprint density at radius 1 is 1.44 bits per heavy atom. The summed E-state index contributed by atoms with van der Waals surface area (Å²) in [6.07, 6.45) is 6.26. The van der Waals surface area contributed by atoms with E-state index in [-0.39, 0.29) is 0 Å². The van der Waals surface area contributed by atoms with Crippen LogP contribution in [0.3, 0.4) is 0 Å². The molecular formula is C16H21NO. The summed E-state index contributed by atoms with van der Waals surface area (Å²) < 4.78 is 0. The van der Waals surface area contributed by atoms with Crippen LogP contribution in [0.5, 0.6) is 0 Å². The Bertz CT molecular complexity index is 433. The lowest BCUT2D eigenvalue weighted by Crippen LogP contribution is -2.47. The van der Waals surface area contributed by atoms with Gasteiger partial charge in [-0.1, -0.05) is 19.1 Å². The summed E-state index contributed by atoms with van der Waals surface area (Å²) in [6.45, 7) is 8.04. The van der Waals surface area contributed by atoms with Gasteiger partial charge in [0.2, 0.25) is 0 Å². The van der Waals surface area contributed by atoms with Crippen molar-refractivity contribution in [3.05, 3.63) is 42.0 Å². The van der Waals surface area contributed by atoms with Gasteiger partial charge in [-0.2, -0.15) is 0 Å². The molecule has 1 aromatic carbocycles. The Kier molecular flexibility index (Phi) is 4.19. The van der Waals surface area contributed by atoms with Crippen molar-refractivity contribution in [2.75, 3.05) is 18.0 Å². The highest BCUT2D eigenvalue weighted by molar-refractivity contribution is 5.85. The first-order valence-corrected chi connectivity index (χ1v) is 6.72. The molecule has 1 aliphatic heterocycles. The number of hydrogen-bond acceptors (Lipinski definition) is 2. The Hall–Kier alpha value is -1.57. The van der Waals surface area contributed by atoms with Crippen molar-refractivity contribution in [2.24, 2.45) is 5.92 Å². The molecule has 1 saturated heterocycles. The van der Waals surface area contributed by atoms with Gasteiger partial charge in [0.1, 0.15) is 0 Å². The van der Waals surface area contributed by atoms with Crippen LogP contribution in [0.15, 0.2) is 30.9 Å². The van der Waals surface area contributed by atoms with Gasteiger partial charge < -0.3 is 4.90 Å². The van der Waals surface area contributed by atoms with E-state index < -0.39 is 0 Å². The number of anilines is 1. The summed E-state index contributed by atoms with van der Waals surface area (Å²) in [6, 6.07) is 6.15. The molecule has 1 heterocycles. The maximum absolute atomic E-state index is 11.1. The van der Waals surface area contributed by atoms with Crippen LogP contribution in [0.1, 0.15) is 35.7 Å². The molecule has 2 rings (SSSR count). The molecule has 2 heteroatoms. The number of rotatable bonds is 6. The van der Waals surface area contributed by atoms with E-state index in [0.29, 0.717) is 0 Å². The van der Waals surface area contributed by atoms with E-state index in [1.54, 1.807) is 0 Å². The predicted octanol–water partition coefficient (Wildman–Crippen LogP) is 3.46. The second-order valence-electron chi connectivity index (χ2n) is 5.00. The molecule has 0 aromatic heterocycles. The minimum Gasteiger partial charge on any atom is -0.370 e. The van der Waals surface area contributed by atoms with Gasteiger partial charge in [-0.3, -0.25) is 4.79 Å². The number of allylic oxidation sites excluding steroid dienone is 1. The second kappa shape index (κ2) is 5.85. The number of carbonyl (C=O) groups is 1. The Balaban J connectivity index is 2.05. The summed E-state index contributed by atoms with van der Waals surface area (Å²) in [7, 11) is 0. The van der Waals surface area contributed by atoms with Crippen molar-refractivity contribution in [1.82, 2.24) is 0 Å². The number of hydrogen-bond donors (Lipinski definition) is 0. The average Bonchev–Trinajstić information content (AvgIpc) is 2.36. The molecule has 1 aliphatic rings. The smallest absolute Gasteiger partial charge is 0.152 e. The minimum absolute atomic E-state index is 0.757. The van der Waals surface area contributed by atoms with E-state index >= 15 is 0 Å². The molecule has 0 aliphatic carbocycles. The van der Waals surface area contributed by atoms with E-state index in [1.165, 1.54) is 12.0 Å². The number of carbonyl (C=O) groups excluding carboxylic acids is 1. The number of nitrogens with zero attached hydrogens (tertiary/aromatic N) is 1. The van der Waals surface area contributed by atoms with Crippen LogP contribution in [0.25, 0.3) is 0 Å². The summed E-state index contributed by atoms with van der Waals surface area (Å²) in [5.41, 5.74) is 3.22. The van der Waals surface area contributed by atoms with E-state index in [9.17, 15) is 4.79 Å². The SMILES string of the molecule is C=CCCC1CN(c2cc(CC)ccc2C=O)C1. The minimum atomic E-state index is 0.757. The van der Waals surface area contributed by atoms with Crippen molar-refractivity contribution in [3.63, 3.8) is 0 Å². The molecule has 0 amide bonds. The molecule has 18 heavy (non-hydrogen) atoms. The van der Waals surface area contributed by atoms with E-state index in [0.717, 1.165) is 49.4 Å². The average molecular weight is 243 g/mol. The Labute approximate surface area is 109 Å². The zero-order valence-corrected chi connectivity index (χ0v) is 11.1. The highest BCUT2D eigenvalue weighted by Gasteiger charge is 2.27. The van der Waals surface area contributed by atoms with Crippen molar-refractivity contribution in [3.8, 4) is 0 Å². The van der Waals surface area contributed by atoms with Crippen LogP contribution in [0, 0.1) is 5.92 Å². The zero-order valence-electron chi connectivity index (χ0n) is 11.1. The molecule has 0 unspecified atom stereocenters. The standard InChI is InChI=1S/C16H21NO/c1-3-5-6-14-10-17(11-14)16-9-13(4-2)7-8-15(16)12-18/h3,7-9,12,14H,1,4-6,10-11H2,2H3. The second-order valence-corrected chi connectivity index (χ2v) is 5.00. The van der Waals surface area contributed by atoms with Crippen molar-refractivity contribution < 1.29 is 4.79 Å². The molecule has 0 bridgehead atoms. The van der Waals surface area contributed by atoms with Gasteiger partial charge in [0.25, 0.3) is 0 Å². The Morgan fingerprint density at radius 3 is 2.83 bits per heavy atom. The van der Waals surface area contributed by atoms with Gasteiger partial charge in [-0.05, 0) is 42.9 Å². The lowest BCUT2D eigenvalue weighted by molar-refractivity contribution is 0.112. The van der Waals surface area contributed by atoms with Crippen LogP contribution in [-0.2, 0) is 6.42 Å². The molecule has 1 aromatic rings. The highest BCUT2D eigenvalue weighted by Crippen LogP contribution is 2.30. The maximum Gasteiger partial charge on any atom is 0.152 e. The van der Waals surface area contributed by atoms with Crippen molar-refractivity contribution >= 4 is 12.0 Å². The first kappa shape index (κ1) is 12.9. The summed E-state index contributed by atoms with van der Waals surface area (Å²) in [5, 5.41) is 0. The number of aryl methyl sites for hydroxylation is 1. The van der Waals surface area contributed by atoms with Crippen LogP contribution < -0.4 is 4.90 Å². The third kappa shape index (κ3) is 2.63. The van der Waals surface area contributed by atoms with Gasteiger partial charge >= 0.3 is 0 Å². The van der Waals surface area contributed by atoms with Gasteiger partial charge in [-0.25, -0.2) is 0 Å². The number of aldehydes is 1. The molecule has 0 saturated carbocycles. The number of benzene rings is 1. The normalized spacial score (nSPS) is 15.3. The molecule has 1 fully saturated rings. The molecule has 0 spiro atoms. The first-order valence-electron chi connectivity index (χ1n) is 6.72. The summed E-state index contributed by atoms with van der Waals surface area (Å²) in [5.74, 6) is 0.757. The quantitative estimate of drug-likeness (QED) is 0.563. The van der Waals surface area contributed by atoms with Gasteiger partial charge in [0, 0.05) is 24.3 Å². The van der Waals surface area contributed by atoms with Gasteiger partial charge in [0.05, 0.1) is 0 Å². The predicted molar refractivity (Wildman–Crippen MR) is 76.3 cm³/mol. The topological polar surface area (TPSA) is 20.3 Å². The largest absolute Gasteiger partial charge is 0.370 e. The fourth-order valence-corrected chi connectivity index (χ4v) is 2.49. The van der Waals surface area contributed by atoms with E-state index in [4.69, 9.17) is 0 Å². The van der Waals surface area contributed by atoms with Crippen LogP contribution in [0.4, 0.5) is 5.69 Å². The lowest BCUT2D eigenvalue weighted by atomic mass is 9.92. The molecule has 2 nitrogen and oxygen atoms in total. The lowest BCUT2D eigenvalue weighted by Gasteiger charge is -2.42. The van der Waals surface area contributed by atoms with Gasteiger partial charge in [-0.15, -0.1) is 6.58 Å². The van der Waals surface area contributed by atoms with Crippen LogP contribution in [0.2, 0.25) is 0 Å². The van der Waals surface area contributed by atoms with Crippen molar-refractivity contribution in [2.45, 2.75) is 26.2 Å².